The van der Waals surface area contributed by atoms with Crippen LogP contribution in [0.15, 0.2) is 121 Å². The predicted octanol–water partition coefficient (Wildman–Crippen LogP) is 8.03. The molecule has 48 heavy (non-hydrogen) atoms. The molecular formula is C40H40O8. The average molecular weight is 649 g/mol. The molecule has 5 aromatic rings. The van der Waals surface area contributed by atoms with Crippen molar-refractivity contribution >= 4 is 5.78 Å². The summed E-state index contributed by atoms with van der Waals surface area (Å²) in [4.78, 5) is 14.9. The lowest BCUT2D eigenvalue weighted by molar-refractivity contribution is -0.110. The van der Waals surface area contributed by atoms with Crippen LogP contribution in [-0.4, -0.2) is 40.5 Å². The van der Waals surface area contributed by atoms with Crippen LogP contribution >= 0.6 is 0 Å². The van der Waals surface area contributed by atoms with Crippen LogP contribution in [-0.2, 0) is 29.3 Å². The Labute approximate surface area is 281 Å². The number of hydrogen-bond donors (Lipinski definition) is 0. The highest BCUT2D eigenvalue weighted by Crippen LogP contribution is 2.48. The van der Waals surface area contributed by atoms with E-state index in [0.717, 1.165) is 16.7 Å². The molecule has 1 atom stereocenters. The van der Waals surface area contributed by atoms with E-state index < -0.39 is 12.2 Å². The first-order chi connectivity index (χ1) is 23.6. The molecule has 0 spiro atoms. The fourth-order valence-corrected chi connectivity index (χ4v) is 5.36. The summed E-state index contributed by atoms with van der Waals surface area (Å²) in [5.41, 5.74) is 3.73. The molecule has 0 fully saturated rings. The van der Waals surface area contributed by atoms with Gasteiger partial charge < -0.3 is 33.2 Å². The Morgan fingerprint density at radius 3 is 1.52 bits per heavy atom. The lowest BCUT2D eigenvalue weighted by atomic mass is 9.88. The number of ketones is 1. The van der Waals surface area contributed by atoms with Crippen LogP contribution in [0.1, 0.15) is 38.5 Å². The minimum atomic E-state index is -0.934. The second kappa shape index (κ2) is 17.0. The molecule has 0 bridgehead atoms. The highest BCUT2D eigenvalue weighted by atomic mass is 16.7. The third-order valence-electron chi connectivity index (χ3n) is 7.81. The molecule has 5 rings (SSSR count). The zero-order chi connectivity index (χ0) is 33.7. The molecule has 1 unspecified atom stereocenters. The van der Waals surface area contributed by atoms with Gasteiger partial charge in [-0.1, -0.05) is 103 Å². The zero-order valence-electron chi connectivity index (χ0n) is 27.6. The van der Waals surface area contributed by atoms with Crippen molar-refractivity contribution < 1.29 is 38.0 Å². The number of methoxy groups -OCH3 is 4. The molecule has 0 saturated carbocycles. The van der Waals surface area contributed by atoms with Crippen molar-refractivity contribution in [3.8, 4) is 28.7 Å². The van der Waals surface area contributed by atoms with Gasteiger partial charge in [-0.15, -0.1) is 0 Å². The summed E-state index contributed by atoms with van der Waals surface area (Å²) >= 11 is 0. The van der Waals surface area contributed by atoms with Crippen molar-refractivity contribution in [2.45, 2.75) is 32.0 Å². The number of hydrogen-bond acceptors (Lipinski definition) is 8. The van der Waals surface area contributed by atoms with Crippen LogP contribution in [0.4, 0.5) is 0 Å². The molecular weight excluding hydrogens is 608 g/mol. The smallest absolute Gasteiger partial charge is 0.204 e. The van der Waals surface area contributed by atoms with Gasteiger partial charge in [0.2, 0.25) is 5.75 Å². The third kappa shape index (κ3) is 8.34. The quantitative estimate of drug-likeness (QED) is 0.0741. The summed E-state index contributed by atoms with van der Waals surface area (Å²) in [5.74, 6) is 0.467. The second-order valence-corrected chi connectivity index (χ2v) is 10.9. The van der Waals surface area contributed by atoms with Crippen LogP contribution in [0.5, 0.6) is 28.7 Å². The number of rotatable bonds is 17. The monoisotopic (exact) mass is 648 g/mol. The van der Waals surface area contributed by atoms with Gasteiger partial charge in [0, 0.05) is 20.3 Å². The van der Waals surface area contributed by atoms with E-state index in [-0.39, 0.29) is 41.8 Å². The van der Waals surface area contributed by atoms with E-state index in [1.807, 2.05) is 115 Å². The van der Waals surface area contributed by atoms with Crippen molar-refractivity contribution in [1.29, 1.82) is 0 Å². The van der Waals surface area contributed by atoms with Gasteiger partial charge in [-0.05, 0) is 34.4 Å². The first-order valence-electron chi connectivity index (χ1n) is 15.5. The standard InChI is InChI=1S/C40H40O8/c1-42-34-24-33(47-26-29-16-10-6-11-17-29)36(39(43-2)38(34)48-27-30-18-12-7-13-19-30)37(41)35(40(44-3)45-4)31-20-22-32(23-21-31)46-25-28-14-8-5-9-15-28/h5-24,35,40H,25-27H2,1-4H3. The van der Waals surface area contributed by atoms with E-state index in [0.29, 0.717) is 23.7 Å². The lowest BCUT2D eigenvalue weighted by Gasteiger charge is -2.27. The second-order valence-electron chi connectivity index (χ2n) is 10.9. The number of benzene rings is 5. The maximum Gasteiger partial charge on any atom is 0.204 e. The molecule has 0 radical (unpaired) electrons. The predicted molar refractivity (Wildman–Crippen MR) is 183 cm³/mol. The maximum absolute atomic E-state index is 14.9. The van der Waals surface area contributed by atoms with Crippen molar-refractivity contribution in [2.75, 3.05) is 28.4 Å². The summed E-state index contributed by atoms with van der Waals surface area (Å²) in [7, 11) is 6.01. The molecule has 248 valence electrons. The van der Waals surface area contributed by atoms with Gasteiger partial charge in [0.15, 0.2) is 23.6 Å². The van der Waals surface area contributed by atoms with Crippen molar-refractivity contribution in [3.63, 3.8) is 0 Å². The van der Waals surface area contributed by atoms with Gasteiger partial charge in [0.05, 0.1) is 20.1 Å². The van der Waals surface area contributed by atoms with Crippen LogP contribution in [0.3, 0.4) is 0 Å². The van der Waals surface area contributed by atoms with E-state index in [4.69, 9.17) is 33.2 Å². The Kier molecular flexibility index (Phi) is 12.1. The van der Waals surface area contributed by atoms with Gasteiger partial charge >= 0.3 is 0 Å². The SMILES string of the molecule is COc1cc(OCc2ccccc2)c(C(=O)C(c2ccc(OCc3ccccc3)cc2)C(OC)OC)c(OC)c1OCc1ccccc1. The molecule has 0 N–H and O–H groups in total. The zero-order valence-corrected chi connectivity index (χ0v) is 27.6. The molecule has 0 aromatic heterocycles. The fourth-order valence-electron chi connectivity index (χ4n) is 5.36. The van der Waals surface area contributed by atoms with Gasteiger partial charge in [-0.25, -0.2) is 0 Å². The lowest BCUT2D eigenvalue weighted by Crippen LogP contribution is -2.30. The Hall–Kier alpha value is -5.31. The average Bonchev–Trinajstić information content (AvgIpc) is 3.15. The summed E-state index contributed by atoms with van der Waals surface area (Å²) in [6.45, 7) is 0.837. The molecule has 5 aromatic carbocycles. The molecule has 0 heterocycles. The van der Waals surface area contributed by atoms with E-state index in [1.54, 1.807) is 6.07 Å². The Bertz CT molecular complexity index is 1720. The molecule has 0 aliphatic heterocycles. The first kappa shape index (κ1) is 34.0. The van der Waals surface area contributed by atoms with E-state index >= 15 is 0 Å². The number of carbonyl (C=O) groups is 1. The van der Waals surface area contributed by atoms with E-state index in [9.17, 15) is 4.79 Å². The number of carbonyl (C=O) groups excluding carboxylic acids is 1. The first-order valence-corrected chi connectivity index (χ1v) is 15.5. The molecule has 0 saturated heterocycles. The molecule has 0 aliphatic carbocycles. The minimum Gasteiger partial charge on any atom is -0.493 e. The van der Waals surface area contributed by atoms with Gasteiger partial charge in [0.1, 0.15) is 36.9 Å². The fraction of sp³-hybridized carbons (Fsp3) is 0.225. The normalized spacial score (nSPS) is 11.5. The van der Waals surface area contributed by atoms with Gasteiger partial charge in [-0.3, -0.25) is 4.79 Å². The molecule has 8 nitrogen and oxygen atoms in total. The Balaban J connectivity index is 1.55. The number of Topliss-reactive ketones (excluding diaryl/α,β-unsaturated/α-hetero) is 1. The van der Waals surface area contributed by atoms with Crippen molar-refractivity contribution in [2.24, 2.45) is 0 Å². The van der Waals surface area contributed by atoms with Crippen LogP contribution < -0.4 is 23.7 Å². The van der Waals surface area contributed by atoms with Crippen LogP contribution in [0.25, 0.3) is 0 Å². The summed E-state index contributed by atoms with van der Waals surface area (Å²) in [6.07, 6.45) is -0.934. The summed E-state index contributed by atoms with van der Waals surface area (Å²) in [5, 5.41) is 0. The largest absolute Gasteiger partial charge is 0.493 e. The molecule has 8 heteroatoms. The number of ether oxygens (including phenoxy) is 7. The highest BCUT2D eigenvalue weighted by molar-refractivity contribution is 6.07. The van der Waals surface area contributed by atoms with Crippen molar-refractivity contribution in [3.05, 3.63) is 149 Å². The van der Waals surface area contributed by atoms with Crippen molar-refractivity contribution in [1.82, 2.24) is 0 Å². The summed E-state index contributed by atoms with van der Waals surface area (Å²) < 4.78 is 41.7. The van der Waals surface area contributed by atoms with Gasteiger partial charge in [0.25, 0.3) is 0 Å². The van der Waals surface area contributed by atoms with Crippen LogP contribution in [0.2, 0.25) is 0 Å². The molecule has 0 amide bonds. The van der Waals surface area contributed by atoms with Crippen LogP contribution in [0, 0.1) is 0 Å². The Morgan fingerprint density at radius 2 is 1.04 bits per heavy atom. The Morgan fingerprint density at radius 1 is 0.542 bits per heavy atom. The highest BCUT2D eigenvalue weighted by Gasteiger charge is 2.37. The minimum absolute atomic E-state index is 0.172. The summed E-state index contributed by atoms with van der Waals surface area (Å²) in [6, 6.07) is 38.3. The van der Waals surface area contributed by atoms with Gasteiger partial charge in [-0.2, -0.15) is 0 Å². The third-order valence-corrected chi connectivity index (χ3v) is 7.81. The maximum atomic E-state index is 14.9. The van der Waals surface area contributed by atoms with E-state index in [2.05, 4.69) is 0 Å². The molecule has 0 aliphatic rings. The van der Waals surface area contributed by atoms with E-state index in [1.165, 1.54) is 28.4 Å². The topological polar surface area (TPSA) is 81.7 Å².